The van der Waals surface area contributed by atoms with Gasteiger partial charge in [0, 0.05) is 6.42 Å². The molecule has 0 spiro atoms. The van der Waals surface area contributed by atoms with Crippen molar-refractivity contribution in [3.05, 3.63) is 85.1 Å². The molecule has 0 rings (SSSR count). The summed E-state index contributed by atoms with van der Waals surface area (Å²) in [5.74, 6) is -0.531. The number of aliphatic hydroxyl groups is 2. The van der Waals surface area contributed by atoms with Gasteiger partial charge in [-0.2, -0.15) is 0 Å². The second-order valence-corrected chi connectivity index (χ2v) is 19.3. The van der Waals surface area contributed by atoms with Crippen LogP contribution in [0.25, 0.3) is 0 Å². The van der Waals surface area contributed by atoms with Gasteiger partial charge in [0.1, 0.15) is 6.10 Å². The van der Waals surface area contributed by atoms with Gasteiger partial charge in [-0.3, -0.25) is 9.59 Å². The molecule has 0 heterocycles. The number of carbonyl (C=O) groups excluding carboxylic acids is 2. The van der Waals surface area contributed by atoms with Gasteiger partial charge in [-0.05, 0) is 109 Å². The number of unbranched alkanes of at least 4 members (excludes halogenated alkanes) is 25. The number of hydrogen-bond acceptors (Lipinski definition) is 5. The number of hydrogen-bond donors (Lipinski definition) is 3. The Hall–Kier alpha value is -2.96. The van der Waals surface area contributed by atoms with Gasteiger partial charge in [-0.15, -0.1) is 0 Å². The summed E-state index contributed by atoms with van der Waals surface area (Å²) in [4.78, 5) is 26.3. The number of nitrogens with one attached hydrogen (secondary N) is 1. The first-order valence-corrected chi connectivity index (χ1v) is 28.8. The summed E-state index contributed by atoms with van der Waals surface area (Å²) >= 11 is 0. The molecule has 1 amide bonds. The normalized spacial score (nSPS) is 13.8. The number of allylic oxidation sites excluding steroid dienone is 14. The number of ether oxygens (including phenoxy) is 1. The zero-order valence-electron chi connectivity index (χ0n) is 44.7. The lowest BCUT2D eigenvalue weighted by Gasteiger charge is -2.24. The molecule has 3 unspecified atom stereocenters. The van der Waals surface area contributed by atoms with Crippen molar-refractivity contribution in [2.24, 2.45) is 0 Å². The van der Waals surface area contributed by atoms with E-state index in [1.807, 2.05) is 0 Å². The fourth-order valence-electron chi connectivity index (χ4n) is 8.30. The molecule has 6 nitrogen and oxygen atoms in total. The molecule has 392 valence electrons. The molecule has 0 saturated heterocycles. The zero-order valence-corrected chi connectivity index (χ0v) is 44.7. The summed E-state index contributed by atoms with van der Waals surface area (Å²) in [6.45, 7) is 6.43. The van der Waals surface area contributed by atoms with E-state index in [1.165, 1.54) is 116 Å². The highest BCUT2D eigenvalue weighted by molar-refractivity contribution is 5.77. The summed E-state index contributed by atoms with van der Waals surface area (Å²) in [6, 6.07) is -0.721. The first kappa shape index (κ1) is 65.0. The number of aliphatic hydroxyl groups excluding tert-OH is 2. The molecule has 0 aromatic rings. The first-order valence-electron chi connectivity index (χ1n) is 28.8. The van der Waals surface area contributed by atoms with Crippen LogP contribution in [-0.2, 0) is 14.3 Å². The second kappa shape index (κ2) is 55.0. The van der Waals surface area contributed by atoms with Crippen molar-refractivity contribution >= 4 is 11.9 Å². The highest BCUT2D eigenvalue weighted by Crippen LogP contribution is 2.17. The molecule has 0 fully saturated rings. The predicted octanol–water partition coefficient (Wildman–Crippen LogP) is 17.9. The van der Waals surface area contributed by atoms with E-state index in [0.29, 0.717) is 19.3 Å². The molecule has 3 N–H and O–H groups in total. The van der Waals surface area contributed by atoms with Crippen LogP contribution in [0.4, 0.5) is 0 Å². The first-order chi connectivity index (χ1) is 33.5. The minimum atomic E-state index is -0.805. The minimum Gasteiger partial charge on any atom is -0.462 e. The van der Waals surface area contributed by atoms with Crippen LogP contribution in [0.2, 0.25) is 0 Å². The molecule has 0 radical (unpaired) electrons. The number of amides is 1. The van der Waals surface area contributed by atoms with E-state index in [0.717, 1.165) is 109 Å². The maximum Gasteiger partial charge on any atom is 0.306 e. The average Bonchev–Trinajstić information content (AvgIpc) is 3.33. The summed E-state index contributed by atoms with van der Waals surface area (Å²) in [5, 5.41) is 23.9. The average molecular weight is 949 g/mol. The Morgan fingerprint density at radius 3 is 1.16 bits per heavy atom. The topological polar surface area (TPSA) is 95.9 Å². The molecular formula is C62H109NO5. The molecule has 0 aliphatic heterocycles. The Morgan fingerprint density at radius 1 is 0.426 bits per heavy atom. The maximum absolute atomic E-state index is 13.3. The lowest BCUT2D eigenvalue weighted by molar-refractivity contribution is -0.151. The Kier molecular flexibility index (Phi) is 52.6. The highest BCUT2D eigenvalue weighted by atomic mass is 16.5. The van der Waals surface area contributed by atoms with Crippen LogP contribution in [-0.4, -0.2) is 46.9 Å². The molecule has 0 aromatic carbocycles. The van der Waals surface area contributed by atoms with E-state index < -0.39 is 18.2 Å². The molecule has 68 heavy (non-hydrogen) atoms. The number of esters is 1. The second-order valence-electron chi connectivity index (χ2n) is 19.3. The van der Waals surface area contributed by atoms with Crippen molar-refractivity contribution in [3.63, 3.8) is 0 Å². The van der Waals surface area contributed by atoms with Crippen LogP contribution < -0.4 is 5.32 Å². The third-order valence-corrected chi connectivity index (χ3v) is 12.7. The maximum atomic E-state index is 13.3. The highest BCUT2D eigenvalue weighted by Gasteiger charge is 2.24. The molecule has 0 aliphatic rings. The van der Waals surface area contributed by atoms with E-state index in [2.05, 4.69) is 111 Å². The zero-order chi connectivity index (χ0) is 49.5. The van der Waals surface area contributed by atoms with Crippen LogP contribution in [0.1, 0.15) is 271 Å². The summed E-state index contributed by atoms with van der Waals surface area (Å²) in [7, 11) is 0. The lowest BCUT2D eigenvalue weighted by Crippen LogP contribution is -2.46. The van der Waals surface area contributed by atoms with Gasteiger partial charge in [0.05, 0.1) is 25.2 Å². The van der Waals surface area contributed by atoms with Gasteiger partial charge >= 0.3 is 5.97 Å². The van der Waals surface area contributed by atoms with E-state index in [9.17, 15) is 19.8 Å². The Morgan fingerprint density at radius 2 is 0.750 bits per heavy atom. The summed E-state index contributed by atoms with van der Waals surface area (Å²) in [5.41, 5.74) is 0. The number of rotatable bonds is 51. The predicted molar refractivity (Wildman–Crippen MR) is 296 cm³/mol. The Bertz CT molecular complexity index is 1290. The van der Waals surface area contributed by atoms with Gasteiger partial charge < -0.3 is 20.3 Å². The van der Waals surface area contributed by atoms with Crippen LogP contribution in [0.3, 0.4) is 0 Å². The number of carbonyl (C=O) groups is 2. The standard InChI is InChI=1S/C62H109NO5/c1-4-7-10-13-16-19-22-25-27-29-30-32-34-37-40-43-46-49-52-55-62(67)68-58(53-50-47-44-41-38-36-33-31-28-26-23-20-17-14-11-8-5-2)56-61(66)63-59(57-64)60(65)54-51-48-45-42-39-35-24-21-18-15-12-9-6-3/h16-17,19-20,25-28,30,32-33,36-37,40,58-60,64-65H,4-15,18,21-24,29,31,34-35,38-39,41-57H2,1-3H3,(H,63,66)/b19-16-,20-17-,27-25-,28-26-,32-30-,36-33-,40-37-. The third kappa shape index (κ3) is 49.5. The van der Waals surface area contributed by atoms with Gasteiger partial charge in [-0.25, -0.2) is 0 Å². The van der Waals surface area contributed by atoms with E-state index in [-0.39, 0.29) is 24.9 Å². The van der Waals surface area contributed by atoms with Crippen molar-refractivity contribution < 1.29 is 24.5 Å². The van der Waals surface area contributed by atoms with Crippen LogP contribution in [0.5, 0.6) is 0 Å². The SMILES string of the molecule is CCCCC/C=C\C/C=C\C/C=C\C/C=C\CCCCCC(=O)OC(CCCCCC/C=C\C/C=C\C/C=C\CCCCC)CC(=O)NC(CO)C(O)CCCCCCCCCCCCCCC. The van der Waals surface area contributed by atoms with E-state index in [4.69, 9.17) is 4.74 Å². The summed E-state index contributed by atoms with van der Waals surface area (Å²) in [6.07, 6.45) is 72.1. The lowest BCUT2D eigenvalue weighted by atomic mass is 10.0. The van der Waals surface area contributed by atoms with Crippen LogP contribution in [0, 0.1) is 0 Å². The minimum absolute atomic E-state index is 0.0463. The summed E-state index contributed by atoms with van der Waals surface area (Å²) < 4.78 is 5.94. The molecular weight excluding hydrogens is 839 g/mol. The monoisotopic (exact) mass is 948 g/mol. The van der Waals surface area contributed by atoms with E-state index in [1.54, 1.807) is 0 Å². The van der Waals surface area contributed by atoms with Crippen molar-refractivity contribution in [1.29, 1.82) is 0 Å². The quantitative estimate of drug-likeness (QED) is 0.0321. The van der Waals surface area contributed by atoms with Crippen LogP contribution in [0.15, 0.2) is 85.1 Å². The largest absolute Gasteiger partial charge is 0.462 e. The van der Waals surface area contributed by atoms with Gasteiger partial charge in [0.2, 0.25) is 5.91 Å². The molecule has 0 bridgehead atoms. The van der Waals surface area contributed by atoms with E-state index >= 15 is 0 Å². The third-order valence-electron chi connectivity index (χ3n) is 12.7. The molecule has 0 aliphatic carbocycles. The molecule has 3 atom stereocenters. The Labute approximate surface area is 421 Å². The van der Waals surface area contributed by atoms with Crippen molar-refractivity contribution in [1.82, 2.24) is 5.32 Å². The Balaban J connectivity index is 4.69. The smallest absolute Gasteiger partial charge is 0.306 e. The molecule has 0 saturated carbocycles. The fraction of sp³-hybridized carbons (Fsp3) is 0.742. The van der Waals surface area contributed by atoms with Gasteiger partial charge in [0.25, 0.3) is 0 Å². The molecule has 0 aromatic heterocycles. The fourth-order valence-corrected chi connectivity index (χ4v) is 8.30. The van der Waals surface area contributed by atoms with Gasteiger partial charge in [0.15, 0.2) is 0 Å². The van der Waals surface area contributed by atoms with Crippen molar-refractivity contribution in [3.8, 4) is 0 Å². The van der Waals surface area contributed by atoms with Crippen LogP contribution >= 0.6 is 0 Å². The van der Waals surface area contributed by atoms with Gasteiger partial charge in [-0.1, -0.05) is 234 Å². The van der Waals surface area contributed by atoms with Crippen molar-refractivity contribution in [2.45, 2.75) is 289 Å². The molecule has 6 heteroatoms. The van der Waals surface area contributed by atoms with Crippen molar-refractivity contribution in [2.75, 3.05) is 6.61 Å².